The van der Waals surface area contributed by atoms with Gasteiger partial charge in [0.1, 0.15) is 5.76 Å². The Morgan fingerprint density at radius 3 is 2.63 bits per heavy atom. The zero-order chi connectivity index (χ0) is 14.3. The van der Waals surface area contributed by atoms with Gasteiger partial charge in [0.2, 0.25) is 0 Å². The SMILES string of the molecule is CCCN(CCN(C)C)Cc1ccc(C(=O)NN)o1. The van der Waals surface area contributed by atoms with Crippen molar-refractivity contribution in [2.75, 3.05) is 33.7 Å². The van der Waals surface area contributed by atoms with E-state index >= 15 is 0 Å². The Morgan fingerprint density at radius 1 is 1.32 bits per heavy atom. The first-order valence-corrected chi connectivity index (χ1v) is 6.53. The second-order valence-electron chi connectivity index (χ2n) is 4.82. The van der Waals surface area contributed by atoms with Crippen molar-refractivity contribution in [3.05, 3.63) is 23.7 Å². The molecule has 0 aliphatic rings. The number of likely N-dealkylation sites (N-methyl/N-ethyl adjacent to an activating group) is 1. The fourth-order valence-corrected chi connectivity index (χ4v) is 1.80. The van der Waals surface area contributed by atoms with Gasteiger partial charge in [0.05, 0.1) is 6.54 Å². The molecular weight excluding hydrogens is 244 g/mol. The van der Waals surface area contributed by atoms with E-state index < -0.39 is 5.91 Å². The van der Waals surface area contributed by atoms with Crippen LogP contribution < -0.4 is 11.3 Å². The molecule has 3 N–H and O–H groups in total. The Hall–Kier alpha value is -1.37. The molecule has 1 amide bonds. The molecule has 0 saturated heterocycles. The zero-order valence-electron chi connectivity index (χ0n) is 12.0. The van der Waals surface area contributed by atoms with Crippen molar-refractivity contribution in [3.63, 3.8) is 0 Å². The summed E-state index contributed by atoms with van der Waals surface area (Å²) in [6, 6.07) is 3.47. The Balaban J connectivity index is 2.57. The second kappa shape index (κ2) is 7.93. The van der Waals surface area contributed by atoms with Crippen LogP contribution in [0.25, 0.3) is 0 Å². The Morgan fingerprint density at radius 2 is 2.05 bits per heavy atom. The van der Waals surface area contributed by atoms with E-state index in [1.165, 1.54) is 0 Å². The highest BCUT2D eigenvalue weighted by molar-refractivity contribution is 5.90. The van der Waals surface area contributed by atoms with Gasteiger partial charge in [-0.3, -0.25) is 15.1 Å². The molecule has 0 atom stereocenters. The number of carbonyl (C=O) groups excluding carboxylic acids is 1. The minimum atomic E-state index is -0.401. The van der Waals surface area contributed by atoms with Gasteiger partial charge in [-0.05, 0) is 39.2 Å². The number of hydrazine groups is 1. The summed E-state index contributed by atoms with van der Waals surface area (Å²) in [7, 11) is 4.11. The van der Waals surface area contributed by atoms with Crippen LogP contribution in [-0.2, 0) is 6.54 Å². The summed E-state index contributed by atoms with van der Waals surface area (Å²) in [5.41, 5.74) is 2.06. The molecule has 6 nitrogen and oxygen atoms in total. The molecule has 19 heavy (non-hydrogen) atoms. The van der Waals surface area contributed by atoms with Crippen LogP contribution in [0.5, 0.6) is 0 Å². The predicted molar refractivity (Wildman–Crippen MR) is 74.5 cm³/mol. The largest absolute Gasteiger partial charge is 0.455 e. The Kier molecular flexibility index (Phi) is 6.55. The molecule has 6 heteroatoms. The number of nitrogen functional groups attached to an aromatic ring is 1. The number of nitrogens with zero attached hydrogens (tertiary/aromatic N) is 2. The number of nitrogens with one attached hydrogen (secondary N) is 1. The van der Waals surface area contributed by atoms with Crippen molar-refractivity contribution in [1.29, 1.82) is 0 Å². The summed E-state index contributed by atoms with van der Waals surface area (Å²) in [6.45, 7) is 5.83. The third-order valence-corrected chi connectivity index (χ3v) is 2.80. The van der Waals surface area contributed by atoms with Crippen molar-refractivity contribution in [3.8, 4) is 0 Å². The number of furan rings is 1. The fraction of sp³-hybridized carbons (Fsp3) is 0.615. The molecule has 0 aromatic carbocycles. The maximum absolute atomic E-state index is 11.3. The maximum Gasteiger partial charge on any atom is 0.300 e. The van der Waals surface area contributed by atoms with Crippen LogP contribution in [0.3, 0.4) is 0 Å². The number of hydrogen-bond donors (Lipinski definition) is 2. The molecule has 0 saturated carbocycles. The summed E-state index contributed by atoms with van der Waals surface area (Å²) in [5.74, 6) is 5.70. The molecule has 0 unspecified atom stereocenters. The summed E-state index contributed by atoms with van der Waals surface area (Å²) in [5, 5.41) is 0. The molecule has 0 spiro atoms. The van der Waals surface area contributed by atoms with Crippen molar-refractivity contribution in [1.82, 2.24) is 15.2 Å². The van der Waals surface area contributed by atoms with Crippen LogP contribution in [0, 0.1) is 0 Å². The molecule has 1 aromatic heterocycles. The first-order valence-electron chi connectivity index (χ1n) is 6.53. The lowest BCUT2D eigenvalue weighted by Crippen LogP contribution is -2.32. The summed E-state index contributed by atoms with van der Waals surface area (Å²) in [6.07, 6.45) is 1.09. The van der Waals surface area contributed by atoms with Gasteiger partial charge < -0.3 is 9.32 Å². The molecule has 1 rings (SSSR count). The average Bonchev–Trinajstić information content (AvgIpc) is 2.83. The topological polar surface area (TPSA) is 74.7 Å². The lowest BCUT2D eigenvalue weighted by molar-refractivity contribution is 0.0921. The van der Waals surface area contributed by atoms with Crippen LogP contribution in [0.4, 0.5) is 0 Å². The van der Waals surface area contributed by atoms with E-state index in [1.807, 2.05) is 6.07 Å². The van der Waals surface area contributed by atoms with Crippen LogP contribution in [0.1, 0.15) is 29.7 Å². The molecule has 108 valence electrons. The highest BCUT2D eigenvalue weighted by Crippen LogP contribution is 2.11. The summed E-state index contributed by atoms with van der Waals surface area (Å²) in [4.78, 5) is 15.8. The molecule has 0 bridgehead atoms. The van der Waals surface area contributed by atoms with E-state index in [2.05, 4.69) is 36.2 Å². The van der Waals surface area contributed by atoms with E-state index in [-0.39, 0.29) is 5.76 Å². The van der Waals surface area contributed by atoms with Gasteiger partial charge in [-0.2, -0.15) is 0 Å². The van der Waals surface area contributed by atoms with Crippen LogP contribution in [-0.4, -0.2) is 49.4 Å². The van der Waals surface area contributed by atoms with E-state index in [0.29, 0.717) is 6.54 Å². The minimum Gasteiger partial charge on any atom is -0.455 e. The smallest absolute Gasteiger partial charge is 0.300 e. The summed E-state index contributed by atoms with van der Waals surface area (Å²) < 4.78 is 5.47. The summed E-state index contributed by atoms with van der Waals surface area (Å²) >= 11 is 0. The third-order valence-electron chi connectivity index (χ3n) is 2.80. The molecular formula is C13H24N4O2. The Bertz CT molecular complexity index is 390. The van der Waals surface area contributed by atoms with Crippen LogP contribution in [0.15, 0.2) is 16.5 Å². The standard InChI is InChI=1S/C13H24N4O2/c1-4-7-17(9-8-16(2)3)10-11-5-6-12(19-11)13(18)15-14/h5-6H,4,7-10,14H2,1-3H3,(H,15,18). The monoisotopic (exact) mass is 268 g/mol. The van der Waals surface area contributed by atoms with Gasteiger partial charge in [-0.25, -0.2) is 5.84 Å². The molecule has 0 radical (unpaired) electrons. The Labute approximate surface area is 114 Å². The minimum absolute atomic E-state index is 0.251. The van der Waals surface area contributed by atoms with Gasteiger partial charge in [0.25, 0.3) is 0 Å². The highest BCUT2D eigenvalue weighted by atomic mass is 16.4. The molecule has 0 aliphatic heterocycles. The van der Waals surface area contributed by atoms with Gasteiger partial charge in [0, 0.05) is 13.1 Å². The van der Waals surface area contributed by atoms with Crippen LogP contribution >= 0.6 is 0 Å². The normalized spacial score (nSPS) is 11.3. The van der Waals surface area contributed by atoms with E-state index in [9.17, 15) is 4.79 Å². The molecule has 1 aromatic rings. The van der Waals surface area contributed by atoms with Gasteiger partial charge >= 0.3 is 5.91 Å². The van der Waals surface area contributed by atoms with Gasteiger partial charge in [0.15, 0.2) is 5.76 Å². The van der Waals surface area contributed by atoms with Crippen molar-refractivity contribution in [2.24, 2.45) is 5.84 Å². The average molecular weight is 268 g/mol. The molecule has 0 fully saturated rings. The van der Waals surface area contributed by atoms with Crippen molar-refractivity contribution < 1.29 is 9.21 Å². The highest BCUT2D eigenvalue weighted by Gasteiger charge is 2.12. The number of nitrogens with two attached hydrogens (primary N) is 1. The quantitative estimate of drug-likeness (QED) is 0.411. The van der Waals surface area contributed by atoms with E-state index in [0.717, 1.165) is 31.8 Å². The van der Waals surface area contributed by atoms with Crippen molar-refractivity contribution >= 4 is 5.91 Å². The lowest BCUT2D eigenvalue weighted by Gasteiger charge is -2.22. The second-order valence-corrected chi connectivity index (χ2v) is 4.82. The van der Waals surface area contributed by atoms with E-state index in [4.69, 9.17) is 10.3 Å². The number of carbonyl (C=O) groups is 1. The fourth-order valence-electron chi connectivity index (χ4n) is 1.80. The maximum atomic E-state index is 11.3. The molecule has 0 aliphatic carbocycles. The van der Waals surface area contributed by atoms with E-state index in [1.54, 1.807) is 6.07 Å². The predicted octanol–water partition coefficient (Wildman–Crippen LogP) is 0.657. The number of amides is 1. The first-order chi connectivity index (χ1) is 9.06. The van der Waals surface area contributed by atoms with Gasteiger partial charge in [-0.1, -0.05) is 6.92 Å². The molecule has 1 heterocycles. The lowest BCUT2D eigenvalue weighted by atomic mass is 10.3. The number of hydrogen-bond acceptors (Lipinski definition) is 5. The first kappa shape index (κ1) is 15.7. The van der Waals surface area contributed by atoms with Crippen molar-refractivity contribution in [2.45, 2.75) is 19.9 Å². The number of rotatable bonds is 8. The zero-order valence-corrected chi connectivity index (χ0v) is 12.0. The third kappa shape index (κ3) is 5.42. The van der Waals surface area contributed by atoms with Crippen LogP contribution in [0.2, 0.25) is 0 Å². The van der Waals surface area contributed by atoms with Gasteiger partial charge in [-0.15, -0.1) is 0 Å².